The number of hydrogen-bond acceptors (Lipinski definition) is 6. The number of nitrogens with zero attached hydrogens (tertiary/aromatic N) is 4. The molecule has 2 aromatic heterocycles. The van der Waals surface area contributed by atoms with Crippen molar-refractivity contribution in [1.82, 2.24) is 9.97 Å². The van der Waals surface area contributed by atoms with E-state index in [1.165, 1.54) is 34.0 Å². The zero-order valence-corrected chi connectivity index (χ0v) is 15.2. The summed E-state index contributed by atoms with van der Waals surface area (Å²) in [5.41, 5.74) is 3.53. The first kappa shape index (κ1) is 18.8. The first-order chi connectivity index (χ1) is 13.4. The topological polar surface area (TPSA) is 112 Å². The lowest BCUT2D eigenvalue weighted by Gasteiger charge is -2.06. The predicted molar refractivity (Wildman–Crippen MR) is 106 cm³/mol. The fourth-order valence-corrected chi connectivity index (χ4v) is 2.88. The molecule has 0 aliphatic rings. The van der Waals surface area contributed by atoms with E-state index in [9.17, 15) is 20.2 Å². The van der Waals surface area contributed by atoms with Crippen LogP contribution in [0.1, 0.15) is 11.1 Å². The highest BCUT2D eigenvalue weighted by Gasteiger charge is 2.21. The van der Waals surface area contributed by atoms with E-state index in [0.29, 0.717) is 0 Å². The zero-order valence-electron chi connectivity index (χ0n) is 15.2. The summed E-state index contributed by atoms with van der Waals surface area (Å²) >= 11 is 0. The van der Waals surface area contributed by atoms with Crippen molar-refractivity contribution in [3.05, 3.63) is 92.3 Å². The lowest BCUT2D eigenvalue weighted by Crippen LogP contribution is -1.95. The van der Waals surface area contributed by atoms with Gasteiger partial charge in [-0.05, 0) is 37.1 Å². The van der Waals surface area contributed by atoms with Crippen molar-refractivity contribution in [3.63, 3.8) is 0 Å². The molecular weight excluding hydrogens is 360 g/mol. The summed E-state index contributed by atoms with van der Waals surface area (Å²) in [6.45, 7) is 4.21. The van der Waals surface area contributed by atoms with E-state index in [1.807, 2.05) is 24.5 Å². The zero-order chi connectivity index (χ0) is 20.3. The van der Waals surface area contributed by atoms with Gasteiger partial charge in [-0.2, -0.15) is 0 Å². The maximum absolute atomic E-state index is 10.2. The third-order valence-corrected chi connectivity index (χ3v) is 4.33. The minimum absolute atomic E-state index is 0.484. The third-order valence-electron chi connectivity index (χ3n) is 4.33. The van der Waals surface area contributed by atoms with Gasteiger partial charge in [0, 0.05) is 35.3 Å². The van der Waals surface area contributed by atoms with Crippen LogP contribution in [0.5, 0.6) is 0 Å². The van der Waals surface area contributed by atoms with Gasteiger partial charge in [0.15, 0.2) is 0 Å². The Morgan fingerprint density at radius 2 is 1.07 bits per heavy atom. The molecule has 8 heteroatoms. The van der Waals surface area contributed by atoms with E-state index < -0.39 is 21.2 Å². The van der Waals surface area contributed by atoms with E-state index in [0.717, 1.165) is 23.2 Å². The molecule has 0 aliphatic carbocycles. The van der Waals surface area contributed by atoms with Crippen LogP contribution >= 0.6 is 0 Å². The van der Waals surface area contributed by atoms with Crippen LogP contribution in [0.15, 0.2) is 60.9 Å². The van der Waals surface area contributed by atoms with Gasteiger partial charge in [0.1, 0.15) is 0 Å². The lowest BCUT2D eigenvalue weighted by molar-refractivity contribution is -0.422. The minimum Gasteiger partial charge on any atom is -0.258 e. The maximum atomic E-state index is 10.2. The molecule has 140 valence electrons. The number of hydrogen-bond donors (Lipinski definition) is 0. The van der Waals surface area contributed by atoms with E-state index in [2.05, 4.69) is 35.9 Å². The molecule has 0 spiro atoms. The molecular formula is C20H16N4O4. The van der Waals surface area contributed by atoms with Crippen LogP contribution < -0.4 is 0 Å². The van der Waals surface area contributed by atoms with Gasteiger partial charge in [0.05, 0.1) is 20.9 Å². The summed E-state index contributed by atoms with van der Waals surface area (Å²) in [5.74, 6) is 0. The normalized spacial score (nSPS) is 10.4. The number of nitro groups is 2. The lowest BCUT2D eigenvalue weighted by atomic mass is 10.0. The summed E-state index contributed by atoms with van der Waals surface area (Å²) in [5, 5.41) is 22.8. The molecule has 0 saturated heterocycles. The van der Waals surface area contributed by atoms with Crippen LogP contribution in [-0.4, -0.2) is 19.8 Å². The molecule has 0 radical (unpaired) electrons. The molecule has 8 nitrogen and oxygen atoms in total. The second kappa shape index (κ2) is 7.75. The molecule has 0 bridgehead atoms. The van der Waals surface area contributed by atoms with Gasteiger partial charge in [-0.3, -0.25) is 30.2 Å². The standard InChI is InChI=1S/C14H12N2.C6H4N2O4/c1-9-5-7-15-13-11(9)3-4-12-10(2)6-8-16-14(12)13;9-7(10)5-3-1-2-4-6(5)8(11)12/h3-8H,1-2H3;1-4H. The third kappa shape index (κ3) is 3.61. The van der Waals surface area contributed by atoms with Crippen molar-refractivity contribution in [2.75, 3.05) is 0 Å². The molecule has 4 rings (SSSR count). The second-order valence-corrected chi connectivity index (χ2v) is 6.12. The van der Waals surface area contributed by atoms with Gasteiger partial charge >= 0.3 is 11.4 Å². The van der Waals surface area contributed by atoms with Gasteiger partial charge in [-0.15, -0.1) is 0 Å². The SMILES string of the molecule is Cc1ccnc2c1ccc1c(C)ccnc12.O=[N+]([O-])c1ccccc1[N+](=O)[O-]. The molecule has 2 aromatic carbocycles. The van der Waals surface area contributed by atoms with Crippen molar-refractivity contribution in [2.45, 2.75) is 13.8 Å². The fraction of sp³-hybridized carbons (Fsp3) is 0.100. The van der Waals surface area contributed by atoms with Crippen LogP contribution in [0.25, 0.3) is 21.8 Å². The van der Waals surface area contributed by atoms with E-state index in [4.69, 9.17) is 0 Å². The molecule has 28 heavy (non-hydrogen) atoms. The summed E-state index contributed by atoms with van der Waals surface area (Å²) in [6.07, 6.45) is 3.70. The number of fused-ring (bicyclic) bond motifs is 3. The minimum atomic E-state index is -0.780. The number of aromatic nitrogens is 2. The Bertz CT molecular complexity index is 1110. The number of pyridine rings is 2. The quantitative estimate of drug-likeness (QED) is 0.279. The molecule has 0 amide bonds. The molecule has 0 atom stereocenters. The summed E-state index contributed by atoms with van der Waals surface area (Å²) in [6, 6.07) is 13.3. The van der Waals surface area contributed by atoms with Crippen LogP contribution in [0.3, 0.4) is 0 Å². The Labute approximate surface area is 159 Å². The van der Waals surface area contributed by atoms with Crippen molar-refractivity contribution in [1.29, 1.82) is 0 Å². The molecule has 0 unspecified atom stereocenters. The van der Waals surface area contributed by atoms with E-state index in [1.54, 1.807) is 0 Å². The van der Waals surface area contributed by atoms with Gasteiger partial charge in [-0.25, -0.2) is 0 Å². The fourth-order valence-electron chi connectivity index (χ4n) is 2.88. The second-order valence-electron chi connectivity index (χ2n) is 6.12. The summed E-state index contributed by atoms with van der Waals surface area (Å²) in [4.78, 5) is 27.8. The molecule has 0 saturated carbocycles. The Morgan fingerprint density at radius 1 is 0.679 bits per heavy atom. The van der Waals surface area contributed by atoms with Crippen LogP contribution in [0.4, 0.5) is 11.4 Å². The number of benzene rings is 2. The predicted octanol–water partition coefficient (Wildman–Crippen LogP) is 4.90. The molecule has 0 aliphatic heterocycles. The van der Waals surface area contributed by atoms with Crippen LogP contribution in [0, 0.1) is 34.1 Å². The number of nitro benzene ring substituents is 2. The highest BCUT2D eigenvalue weighted by molar-refractivity contribution is 6.04. The summed E-state index contributed by atoms with van der Waals surface area (Å²) < 4.78 is 0. The van der Waals surface area contributed by atoms with Gasteiger partial charge in [0.2, 0.25) is 0 Å². The van der Waals surface area contributed by atoms with Crippen molar-refractivity contribution in [3.8, 4) is 0 Å². The molecule has 0 fully saturated rings. The average molecular weight is 376 g/mol. The van der Waals surface area contributed by atoms with Crippen LogP contribution in [-0.2, 0) is 0 Å². The van der Waals surface area contributed by atoms with Gasteiger partial charge < -0.3 is 0 Å². The van der Waals surface area contributed by atoms with E-state index in [-0.39, 0.29) is 0 Å². The van der Waals surface area contributed by atoms with Crippen molar-refractivity contribution in [2.24, 2.45) is 0 Å². The smallest absolute Gasteiger partial charge is 0.258 e. The first-order valence-corrected chi connectivity index (χ1v) is 8.37. The Balaban J connectivity index is 0.000000169. The number of aryl methyl sites for hydroxylation is 2. The van der Waals surface area contributed by atoms with E-state index >= 15 is 0 Å². The highest BCUT2D eigenvalue weighted by atomic mass is 16.6. The molecule has 2 heterocycles. The Hall–Kier alpha value is -3.94. The van der Waals surface area contributed by atoms with Crippen molar-refractivity contribution < 1.29 is 9.85 Å². The monoisotopic (exact) mass is 376 g/mol. The molecule has 0 N–H and O–H groups in total. The first-order valence-electron chi connectivity index (χ1n) is 8.37. The molecule has 4 aromatic rings. The number of rotatable bonds is 2. The Kier molecular flexibility index (Phi) is 5.21. The summed E-state index contributed by atoms with van der Waals surface area (Å²) in [7, 11) is 0. The average Bonchev–Trinajstić information content (AvgIpc) is 2.69. The van der Waals surface area contributed by atoms with Gasteiger partial charge in [0.25, 0.3) is 0 Å². The van der Waals surface area contributed by atoms with Crippen LogP contribution in [0.2, 0.25) is 0 Å². The Morgan fingerprint density at radius 3 is 1.43 bits per heavy atom. The van der Waals surface area contributed by atoms with Crippen molar-refractivity contribution >= 4 is 33.2 Å². The maximum Gasteiger partial charge on any atom is 0.346 e. The number of para-hydroxylation sites is 2. The highest BCUT2D eigenvalue weighted by Crippen LogP contribution is 2.26. The van der Waals surface area contributed by atoms with Gasteiger partial charge in [-0.1, -0.05) is 24.3 Å². The largest absolute Gasteiger partial charge is 0.346 e.